The highest BCUT2D eigenvalue weighted by Crippen LogP contribution is 2.32. The number of nitrogens with one attached hydrogen (secondary N) is 2. The lowest BCUT2D eigenvalue weighted by atomic mass is 9.96. The number of aromatic amines is 1. The summed E-state index contributed by atoms with van der Waals surface area (Å²) >= 11 is 0. The third-order valence-electron chi connectivity index (χ3n) is 5.70. The van der Waals surface area contributed by atoms with Gasteiger partial charge in [-0.1, -0.05) is 42.5 Å². The van der Waals surface area contributed by atoms with Gasteiger partial charge in [-0.25, -0.2) is 4.98 Å². The number of nitrogens with zero attached hydrogens (tertiary/aromatic N) is 2. The minimum atomic E-state index is -4.43. The lowest BCUT2D eigenvalue weighted by molar-refractivity contribution is -0.137. The molecular weight excluding hydrogens is 481 g/mol. The van der Waals surface area contributed by atoms with Crippen LogP contribution in [-0.2, 0) is 17.6 Å². The molecule has 37 heavy (non-hydrogen) atoms. The molecule has 0 saturated heterocycles. The fourth-order valence-corrected chi connectivity index (χ4v) is 3.80. The standard InChI is InChI=1S/C28H25F3N4O2/c1-35(2)21-15-11-19(12-16-21)22(18-9-13-20(14-10-18)28(29,30)31)5-3-8-26(37)33-24-7-4-6-23-27(24)34-25(17-36)32-23/h3-16,36H,17H2,1-2H3,(H,32,34)(H,33,37)/b8-3+,22-5+. The number of aliphatic hydroxyl groups excluding tert-OH is 1. The van der Waals surface area contributed by atoms with Crippen LogP contribution in [0.1, 0.15) is 22.5 Å². The maximum absolute atomic E-state index is 13.1. The van der Waals surface area contributed by atoms with Gasteiger partial charge in [0.1, 0.15) is 17.9 Å². The van der Waals surface area contributed by atoms with Crippen molar-refractivity contribution in [3.05, 3.63) is 107 Å². The van der Waals surface area contributed by atoms with Crippen molar-refractivity contribution >= 4 is 33.9 Å². The van der Waals surface area contributed by atoms with E-state index in [1.54, 1.807) is 30.4 Å². The lowest BCUT2D eigenvalue weighted by Crippen LogP contribution is -2.08. The minimum Gasteiger partial charge on any atom is -0.388 e. The van der Waals surface area contributed by atoms with Crippen molar-refractivity contribution in [2.24, 2.45) is 0 Å². The first kappa shape index (κ1) is 25.7. The summed E-state index contributed by atoms with van der Waals surface area (Å²) in [5.41, 5.74) is 3.94. The number of halogens is 3. The molecule has 3 N–H and O–H groups in total. The number of aromatic nitrogens is 2. The molecule has 0 radical (unpaired) electrons. The highest BCUT2D eigenvalue weighted by atomic mass is 19.4. The van der Waals surface area contributed by atoms with Crippen LogP contribution < -0.4 is 10.2 Å². The Hall–Kier alpha value is -4.37. The van der Waals surface area contributed by atoms with Crippen molar-refractivity contribution in [2.75, 3.05) is 24.3 Å². The van der Waals surface area contributed by atoms with Crippen LogP contribution in [0.25, 0.3) is 16.6 Å². The van der Waals surface area contributed by atoms with E-state index in [4.69, 9.17) is 0 Å². The zero-order valence-corrected chi connectivity index (χ0v) is 20.2. The summed E-state index contributed by atoms with van der Waals surface area (Å²) < 4.78 is 39.2. The maximum Gasteiger partial charge on any atom is 0.416 e. The fraction of sp³-hybridized carbons (Fsp3) is 0.143. The van der Waals surface area contributed by atoms with Crippen molar-refractivity contribution in [2.45, 2.75) is 12.8 Å². The van der Waals surface area contributed by atoms with E-state index in [-0.39, 0.29) is 6.61 Å². The maximum atomic E-state index is 13.1. The Bertz CT molecular complexity index is 1450. The number of para-hydroxylation sites is 1. The number of carbonyl (C=O) groups excluding carboxylic acids is 1. The van der Waals surface area contributed by atoms with Gasteiger partial charge in [0.25, 0.3) is 0 Å². The van der Waals surface area contributed by atoms with Gasteiger partial charge in [-0.05, 0) is 53.1 Å². The molecule has 0 aliphatic carbocycles. The molecule has 0 aliphatic heterocycles. The molecule has 0 saturated carbocycles. The second-order valence-corrected chi connectivity index (χ2v) is 8.49. The van der Waals surface area contributed by atoms with Crippen LogP contribution in [0, 0.1) is 0 Å². The fourth-order valence-electron chi connectivity index (χ4n) is 3.80. The average Bonchev–Trinajstić information content (AvgIpc) is 3.31. The first-order valence-corrected chi connectivity index (χ1v) is 11.4. The van der Waals surface area contributed by atoms with Gasteiger partial charge in [0.05, 0.1) is 16.8 Å². The molecule has 1 aromatic heterocycles. The van der Waals surface area contributed by atoms with Gasteiger partial charge < -0.3 is 20.3 Å². The van der Waals surface area contributed by atoms with E-state index in [1.807, 2.05) is 43.3 Å². The number of H-pyrrole nitrogens is 1. The Morgan fingerprint density at radius 2 is 1.68 bits per heavy atom. The zero-order valence-electron chi connectivity index (χ0n) is 20.2. The number of fused-ring (bicyclic) bond motifs is 1. The molecule has 0 bridgehead atoms. The summed E-state index contributed by atoms with van der Waals surface area (Å²) in [6.07, 6.45) is 0.136. The predicted molar refractivity (Wildman–Crippen MR) is 139 cm³/mol. The van der Waals surface area contributed by atoms with Gasteiger partial charge in [0.2, 0.25) is 5.91 Å². The number of benzene rings is 3. The van der Waals surface area contributed by atoms with Crippen LogP contribution in [0.3, 0.4) is 0 Å². The van der Waals surface area contributed by atoms with Gasteiger partial charge in [-0.15, -0.1) is 0 Å². The summed E-state index contributed by atoms with van der Waals surface area (Å²) in [7, 11) is 3.83. The molecule has 1 amide bonds. The summed E-state index contributed by atoms with van der Waals surface area (Å²) in [4.78, 5) is 21.8. The van der Waals surface area contributed by atoms with Gasteiger partial charge in [-0.3, -0.25) is 4.79 Å². The third-order valence-corrected chi connectivity index (χ3v) is 5.70. The van der Waals surface area contributed by atoms with Crippen LogP contribution in [0.2, 0.25) is 0 Å². The molecule has 0 atom stereocenters. The molecule has 0 fully saturated rings. The molecule has 190 valence electrons. The van der Waals surface area contributed by atoms with E-state index in [1.165, 1.54) is 18.2 Å². The number of alkyl halides is 3. The number of hydrogen-bond donors (Lipinski definition) is 3. The van der Waals surface area contributed by atoms with E-state index in [0.29, 0.717) is 33.7 Å². The normalized spacial score (nSPS) is 12.3. The summed E-state index contributed by atoms with van der Waals surface area (Å²) in [6.45, 7) is -0.255. The molecule has 0 aliphatic rings. The molecule has 1 heterocycles. The Morgan fingerprint density at radius 3 is 2.27 bits per heavy atom. The van der Waals surface area contributed by atoms with Gasteiger partial charge in [-0.2, -0.15) is 13.2 Å². The number of anilines is 2. The van der Waals surface area contributed by atoms with Crippen molar-refractivity contribution in [3.8, 4) is 0 Å². The van der Waals surface area contributed by atoms with Gasteiger partial charge in [0.15, 0.2) is 0 Å². The summed E-state index contributed by atoms with van der Waals surface area (Å²) in [6, 6.07) is 17.7. The second-order valence-electron chi connectivity index (χ2n) is 8.49. The molecule has 0 unspecified atom stereocenters. The van der Waals surface area contributed by atoms with Gasteiger partial charge >= 0.3 is 6.18 Å². The monoisotopic (exact) mass is 506 g/mol. The Balaban J connectivity index is 1.61. The second kappa shape index (κ2) is 10.7. The van der Waals surface area contributed by atoms with E-state index < -0.39 is 17.6 Å². The molecule has 4 aromatic rings. The first-order chi connectivity index (χ1) is 17.7. The van der Waals surface area contributed by atoms with Crippen molar-refractivity contribution in [3.63, 3.8) is 0 Å². The van der Waals surface area contributed by atoms with E-state index in [2.05, 4.69) is 15.3 Å². The van der Waals surface area contributed by atoms with Crippen molar-refractivity contribution < 1.29 is 23.1 Å². The van der Waals surface area contributed by atoms with Crippen molar-refractivity contribution in [1.82, 2.24) is 9.97 Å². The quantitative estimate of drug-likeness (QED) is 0.220. The van der Waals surface area contributed by atoms with Crippen LogP contribution in [0.4, 0.5) is 24.5 Å². The topological polar surface area (TPSA) is 81.2 Å². The molecular formula is C28H25F3N4O2. The number of carbonyl (C=O) groups is 1. The number of rotatable bonds is 7. The number of allylic oxidation sites excluding steroid dienone is 2. The van der Waals surface area contributed by atoms with Crippen LogP contribution in [0.5, 0.6) is 0 Å². The largest absolute Gasteiger partial charge is 0.416 e. The van der Waals surface area contributed by atoms with E-state index in [0.717, 1.165) is 23.4 Å². The Kier molecular flexibility index (Phi) is 7.45. The van der Waals surface area contributed by atoms with Crippen LogP contribution >= 0.6 is 0 Å². The number of hydrogen-bond acceptors (Lipinski definition) is 4. The molecule has 6 nitrogen and oxygen atoms in total. The SMILES string of the molecule is CN(C)c1ccc(/C(=C/C=C/C(=O)Nc2cccc3[nH]c(CO)nc23)c2ccc(C(F)(F)F)cc2)cc1. The van der Waals surface area contributed by atoms with Crippen LogP contribution in [-0.4, -0.2) is 35.1 Å². The minimum absolute atomic E-state index is 0.255. The number of imidazole rings is 1. The summed E-state index contributed by atoms with van der Waals surface area (Å²) in [5, 5.41) is 12.1. The predicted octanol–water partition coefficient (Wildman–Crippen LogP) is 5.77. The Labute approximate surface area is 211 Å². The highest BCUT2D eigenvalue weighted by Gasteiger charge is 2.30. The molecule has 3 aromatic carbocycles. The Morgan fingerprint density at radius 1 is 1.03 bits per heavy atom. The number of aliphatic hydroxyl groups is 1. The zero-order chi connectivity index (χ0) is 26.6. The van der Waals surface area contributed by atoms with E-state index >= 15 is 0 Å². The lowest BCUT2D eigenvalue weighted by Gasteiger charge is -2.14. The third kappa shape index (κ3) is 6.07. The van der Waals surface area contributed by atoms with E-state index in [9.17, 15) is 23.1 Å². The van der Waals surface area contributed by atoms with Crippen molar-refractivity contribution in [1.29, 1.82) is 0 Å². The highest BCUT2D eigenvalue weighted by molar-refractivity contribution is 6.04. The van der Waals surface area contributed by atoms with Crippen LogP contribution in [0.15, 0.2) is 85.0 Å². The molecule has 9 heteroatoms. The number of amides is 1. The first-order valence-electron chi connectivity index (χ1n) is 11.4. The molecule has 4 rings (SSSR count). The summed E-state index contributed by atoms with van der Waals surface area (Å²) in [5.74, 6) is -0.0244. The smallest absolute Gasteiger partial charge is 0.388 e. The van der Waals surface area contributed by atoms with Gasteiger partial charge in [0, 0.05) is 25.9 Å². The molecule has 0 spiro atoms. The average molecular weight is 507 g/mol.